The number of halogens is 2. The average molecular weight is 411 g/mol. The van der Waals surface area contributed by atoms with Crippen LogP contribution < -0.4 is 0 Å². The van der Waals surface area contributed by atoms with Crippen molar-refractivity contribution in [2.75, 3.05) is 20.3 Å². The predicted molar refractivity (Wildman–Crippen MR) is 113 cm³/mol. The number of imidazole rings is 1. The zero-order chi connectivity index (χ0) is 20.2. The Labute approximate surface area is 173 Å². The highest BCUT2D eigenvalue weighted by Gasteiger charge is 2.12. The summed E-state index contributed by atoms with van der Waals surface area (Å²) >= 11 is 5.97. The molecule has 0 saturated heterocycles. The maximum absolute atomic E-state index is 14.5. The Morgan fingerprint density at radius 3 is 2.55 bits per heavy atom. The van der Waals surface area contributed by atoms with Crippen LogP contribution in [0.1, 0.15) is 5.56 Å². The number of hydrogen-bond acceptors (Lipinski definition) is 3. The van der Waals surface area contributed by atoms with Crippen LogP contribution in [-0.4, -0.2) is 29.7 Å². The van der Waals surface area contributed by atoms with Crippen LogP contribution in [0.5, 0.6) is 0 Å². The Balaban J connectivity index is 1.68. The van der Waals surface area contributed by atoms with Gasteiger partial charge in [0, 0.05) is 35.7 Å². The molecule has 0 radical (unpaired) electrons. The number of fused-ring (bicyclic) bond motifs is 1. The number of ether oxygens (including phenoxy) is 2. The Hall–Kier alpha value is -2.73. The van der Waals surface area contributed by atoms with Crippen molar-refractivity contribution >= 4 is 17.2 Å². The molecule has 29 heavy (non-hydrogen) atoms. The molecule has 0 spiro atoms. The quantitative estimate of drug-likeness (QED) is 0.371. The van der Waals surface area contributed by atoms with Gasteiger partial charge in [0.1, 0.15) is 11.5 Å². The highest BCUT2D eigenvalue weighted by Crippen LogP contribution is 2.28. The zero-order valence-electron chi connectivity index (χ0n) is 15.9. The molecule has 0 N–H and O–H groups in total. The largest absolute Gasteiger partial charge is 0.382 e. The molecule has 4 aromatic rings. The van der Waals surface area contributed by atoms with E-state index >= 15 is 0 Å². The molecule has 0 amide bonds. The number of hydrogen-bond donors (Lipinski definition) is 0. The van der Waals surface area contributed by atoms with E-state index in [2.05, 4.69) is 4.98 Å². The second kappa shape index (κ2) is 8.74. The van der Waals surface area contributed by atoms with E-state index < -0.39 is 0 Å². The fourth-order valence-corrected chi connectivity index (χ4v) is 3.33. The summed E-state index contributed by atoms with van der Waals surface area (Å²) in [6.45, 7) is 1.07. The third kappa shape index (κ3) is 4.32. The SMILES string of the molecule is COCCOCc1c(F)cccc1-c1ccc2nc(-c3ccc(Cl)cc3)cn2c1. The summed E-state index contributed by atoms with van der Waals surface area (Å²) in [6.07, 6.45) is 3.91. The van der Waals surface area contributed by atoms with Gasteiger partial charge >= 0.3 is 0 Å². The minimum atomic E-state index is -0.285. The number of methoxy groups -OCH3 is 1. The van der Waals surface area contributed by atoms with Crippen molar-refractivity contribution in [3.8, 4) is 22.4 Å². The van der Waals surface area contributed by atoms with Gasteiger partial charge in [0.2, 0.25) is 0 Å². The highest BCUT2D eigenvalue weighted by atomic mass is 35.5. The lowest BCUT2D eigenvalue weighted by Gasteiger charge is -2.12. The first-order valence-corrected chi connectivity index (χ1v) is 9.62. The average Bonchev–Trinajstić information content (AvgIpc) is 3.16. The smallest absolute Gasteiger partial charge is 0.137 e. The van der Waals surface area contributed by atoms with Gasteiger partial charge in [-0.3, -0.25) is 0 Å². The molecule has 2 aromatic heterocycles. The summed E-state index contributed by atoms with van der Waals surface area (Å²) < 4.78 is 27.0. The molecule has 0 saturated carbocycles. The lowest BCUT2D eigenvalue weighted by molar-refractivity contribution is 0.0606. The first-order valence-electron chi connectivity index (χ1n) is 9.25. The van der Waals surface area contributed by atoms with Gasteiger partial charge < -0.3 is 13.9 Å². The van der Waals surface area contributed by atoms with Gasteiger partial charge in [-0.2, -0.15) is 0 Å². The van der Waals surface area contributed by atoms with Crippen LogP contribution in [0.15, 0.2) is 67.0 Å². The van der Waals surface area contributed by atoms with Crippen LogP contribution in [0, 0.1) is 5.82 Å². The van der Waals surface area contributed by atoms with Gasteiger partial charge in [-0.1, -0.05) is 35.9 Å². The summed E-state index contributed by atoms with van der Waals surface area (Å²) in [7, 11) is 1.61. The van der Waals surface area contributed by atoms with Crippen molar-refractivity contribution in [1.29, 1.82) is 0 Å². The van der Waals surface area contributed by atoms with Crippen LogP contribution in [0.3, 0.4) is 0 Å². The first-order chi connectivity index (χ1) is 14.2. The summed E-state index contributed by atoms with van der Waals surface area (Å²) in [5, 5.41) is 0.686. The minimum Gasteiger partial charge on any atom is -0.382 e. The van der Waals surface area contributed by atoms with E-state index in [0.29, 0.717) is 23.8 Å². The molecule has 0 aliphatic rings. The van der Waals surface area contributed by atoms with Gasteiger partial charge in [-0.15, -0.1) is 0 Å². The lowest BCUT2D eigenvalue weighted by atomic mass is 10.0. The fourth-order valence-electron chi connectivity index (χ4n) is 3.20. The fraction of sp³-hybridized carbons (Fsp3) is 0.174. The van der Waals surface area contributed by atoms with Gasteiger partial charge in [0.15, 0.2) is 0 Å². The van der Waals surface area contributed by atoms with Gasteiger partial charge in [0.05, 0.1) is 25.5 Å². The molecule has 0 fully saturated rings. The molecular formula is C23H20ClFN2O2. The Kier molecular flexibility index (Phi) is 5.90. The molecule has 0 aliphatic heterocycles. The minimum absolute atomic E-state index is 0.184. The normalized spacial score (nSPS) is 11.3. The molecule has 0 bridgehead atoms. The van der Waals surface area contributed by atoms with Crippen molar-refractivity contribution < 1.29 is 13.9 Å². The predicted octanol–water partition coefficient (Wildman–Crippen LogP) is 5.62. The van der Waals surface area contributed by atoms with Crippen LogP contribution in [-0.2, 0) is 16.1 Å². The molecule has 6 heteroatoms. The number of benzene rings is 2. The molecule has 148 valence electrons. The molecule has 2 heterocycles. The first kappa shape index (κ1) is 19.6. The van der Waals surface area contributed by atoms with Gasteiger partial charge in [-0.25, -0.2) is 9.37 Å². The molecule has 2 aromatic carbocycles. The van der Waals surface area contributed by atoms with Crippen LogP contribution in [0.4, 0.5) is 4.39 Å². The second-order valence-electron chi connectivity index (χ2n) is 6.63. The van der Waals surface area contributed by atoms with Crippen molar-refractivity contribution in [2.45, 2.75) is 6.61 Å². The lowest BCUT2D eigenvalue weighted by Crippen LogP contribution is -2.04. The van der Waals surface area contributed by atoms with Gasteiger partial charge in [-0.05, 0) is 41.5 Å². The van der Waals surface area contributed by atoms with E-state index in [1.807, 2.05) is 59.3 Å². The van der Waals surface area contributed by atoms with E-state index in [1.165, 1.54) is 6.07 Å². The molecular weight excluding hydrogens is 391 g/mol. The monoisotopic (exact) mass is 410 g/mol. The summed E-state index contributed by atoms with van der Waals surface area (Å²) in [5.41, 5.74) is 4.86. The third-order valence-electron chi connectivity index (χ3n) is 4.70. The van der Waals surface area contributed by atoms with Crippen molar-refractivity contribution in [1.82, 2.24) is 9.38 Å². The summed E-state index contributed by atoms with van der Waals surface area (Å²) in [5.74, 6) is -0.285. The van der Waals surface area contributed by atoms with E-state index in [-0.39, 0.29) is 12.4 Å². The molecule has 0 atom stereocenters. The van der Waals surface area contributed by atoms with E-state index in [4.69, 9.17) is 21.1 Å². The number of nitrogens with zero attached hydrogens (tertiary/aromatic N) is 2. The topological polar surface area (TPSA) is 35.8 Å². The van der Waals surface area contributed by atoms with Gasteiger partial charge in [0.25, 0.3) is 0 Å². The maximum Gasteiger partial charge on any atom is 0.137 e. The van der Waals surface area contributed by atoms with Crippen molar-refractivity contribution in [2.24, 2.45) is 0 Å². The number of pyridine rings is 1. The Bertz CT molecular complexity index is 1130. The van der Waals surface area contributed by atoms with E-state index in [9.17, 15) is 4.39 Å². The van der Waals surface area contributed by atoms with Crippen LogP contribution >= 0.6 is 11.6 Å². The second-order valence-corrected chi connectivity index (χ2v) is 7.06. The number of rotatable bonds is 7. The molecule has 0 aliphatic carbocycles. The van der Waals surface area contributed by atoms with Crippen LogP contribution in [0.2, 0.25) is 5.02 Å². The zero-order valence-corrected chi connectivity index (χ0v) is 16.7. The third-order valence-corrected chi connectivity index (χ3v) is 4.95. The molecule has 4 rings (SSSR count). The Morgan fingerprint density at radius 1 is 0.966 bits per heavy atom. The standard InChI is InChI=1S/C23H20ClFN2O2/c1-28-11-12-29-15-20-19(3-2-4-21(20)25)17-7-10-23-26-22(14-27(23)13-17)16-5-8-18(24)9-6-16/h2-10,13-14H,11-12,15H2,1H3. The van der Waals surface area contributed by atoms with E-state index in [1.54, 1.807) is 13.2 Å². The van der Waals surface area contributed by atoms with Crippen molar-refractivity contribution in [3.05, 3.63) is 83.4 Å². The Morgan fingerprint density at radius 2 is 1.76 bits per heavy atom. The highest BCUT2D eigenvalue weighted by molar-refractivity contribution is 6.30. The summed E-state index contributed by atoms with van der Waals surface area (Å²) in [4.78, 5) is 4.66. The maximum atomic E-state index is 14.5. The van der Waals surface area contributed by atoms with Crippen molar-refractivity contribution in [3.63, 3.8) is 0 Å². The summed E-state index contributed by atoms with van der Waals surface area (Å²) in [6, 6.07) is 16.5. The van der Waals surface area contributed by atoms with E-state index in [0.717, 1.165) is 28.0 Å². The van der Waals surface area contributed by atoms with Crippen LogP contribution in [0.25, 0.3) is 28.0 Å². The molecule has 4 nitrogen and oxygen atoms in total. The number of aromatic nitrogens is 2. The molecule has 0 unspecified atom stereocenters.